The van der Waals surface area contributed by atoms with Crippen LogP contribution in [0.1, 0.15) is 6.92 Å². The van der Waals surface area contributed by atoms with E-state index < -0.39 is 21.7 Å². The van der Waals surface area contributed by atoms with E-state index in [0.717, 1.165) is 11.6 Å². The lowest BCUT2D eigenvalue weighted by Gasteiger charge is -2.24. The van der Waals surface area contributed by atoms with E-state index in [-0.39, 0.29) is 16.6 Å². The number of fused-ring (bicyclic) bond motifs is 2. The van der Waals surface area contributed by atoms with Crippen LogP contribution < -0.4 is 10.2 Å². The Hall–Kier alpha value is -2.00. The number of hydrogen-bond acceptors (Lipinski definition) is 6. The van der Waals surface area contributed by atoms with Crippen LogP contribution in [0.15, 0.2) is 47.3 Å². The van der Waals surface area contributed by atoms with Gasteiger partial charge in [0, 0.05) is 21.7 Å². The molecule has 0 saturated carbocycles. The lowest BCUT2D eigenvalue weighted by atomic mass is 10.1. The van der Waals surface area contributed by atoms with Crippen LogP contribution in [-0.2, 0) is 10.1 Å². The SMILES string of the molecule is CC(O)(CS(=O)(=O)O)Oc1cccc2sc3ccccc3c(=O)c12. The van der Waals surface area contributed by atoms with Crippen molar-refractivity contribution in [1.29, 1.82) is 0 Å². The number of rotatable bonds is 4. The van der Waals surface area contributed by atoms with Crippen LogP contribution >= 0.6 is 11.3 Å². The fourth-order valence-corrected chi connectivity index (χ4v) is 4.34. The van der Waals surface area contributed by atoms with E-state index in [0.29, 0.717) is 10.1 Å². The molecule has 0 bridgehead atoms. The second-order valence-electron chi connectivity index (χ2n) is 5.56. The van der Waals surface area contributed by atoms with Crippen LogP contribution in [-0.4, -0.2) is 29.6 Å². The Bertz CT molecular complexity index is 1080. The van der Waals surface area contributed by atoms with E-state index in [4.69, 9.17) is 9.29 Å². The van der Waals surface area contributed by atoms with Gasteiger partial charge in [0.15, 0.2) is 5.43 Å². The molecule has 1 heterocycles. The Balaban J connectivity index is 2.19. The van der Waals surface area contributed by atoms with E-state index in [1.807, 2.05) is 12.1 Å². The average molecular weight is 366 g/mol. The van der Waals surface area contributed by atoms with Gasteiger partial charge in [-0.25, -0.2) is 0 Å². The summed E-state index contributed by atoms with van der Waals surface area (Å²) in [7, 11) is -4.45. The Kier molecular flexibility index (Phi) is 4.08. The molecule has 0 amide bonds. The summed E-state index contributed by atoms with van der Waals surface area (Å²) in [4.78, 5) is 12.8. The normalized spacial score (nSPS) is 14.6. The van der Waals surface area contributed by atoms with Crippen molar-refractivity contribution in [3.63, 3.8) is 0 Å². The summed E-state index contributed by atoms with van der Waals surface area (Å²) in [6, 6.07) is 12.0. The van der Waals surface area contributed by atoms with Gasteiger partial charge in [-0.15, -0.1) is 11.3 Å². The first-order valence-corrected chi connectivity index (χ1v) is 9.40. The summed E-state index contributed by atoms with van der Waals surface area (Å²) < 4.78 is 37.7. The van der Waals surface area contributed by atoms with Crippen molar-refractivity contribution < 1.29 is 22.8 Å². The van der Waals surface area contributed by atoms with Crippen LogP contribution in [0.5, 0.6) is 5.75 Å². The second kappa shape index (κ2) is 5.82. The number of ether oxygens (including phenoxy) is 1. The summed E-state index contributed by atoms with van der Waals surface area (Å²) in [6.45, 7) is 1.11. The highest BCUT2D eigenvalue weighted by molar-refractivity contribution is 7.85. The largest absolute Gasteiger partial charge is 0.461 e. The number of aliphatic hydroxyl groups is 1. The third-order valence-electron chi connectivity index (χ3n) is 3.35. The van der Waals surface area contributed by atoms with Crippen molar-refractivity contribution >= 4 is 41.6 Å². The van der Waals surface area contributed by atoms with Crippen molar-refractivity contribution in [3.05, 3.63) is 52.7 Å². The number of benzene rings is 2. The highest BCUT2D eigenvalue weighted by Crippen LogP contribution is 2.31. The Labute approximate surface area is 141 Å². The molecule has 2 aromatic carbocycles. The summed E-state index contributed by atoms with van der Waals surface area (Å²) in [5.41, 5.74) is -0.266. The molecule has 2 N–H and O–H groups in total. The van der Waals surface area contributed by atoms with E-state index in [1.54, 1.807) is 24.3 Å². The molecule has 3 rings (SSSR count). The minimum absolute atomic E-state index is 0.0631. The Morgan fingerprint density at radius 3 is 2.50 bits per heavy atom. The van der Waals surface area contributed by atoms with E-state index in [9.17, 15) is 18.3 Å². The maximum Gasteiger partial charge on any atom is 0.271 e. The topological polar surface area (TPSA) is 101 Å². The van der Waals surface area contributed by atoms with Gasteiger partial charge < -0.3 is 9.84 Å². The summed E-state index contributed by atoms with van der Waals surface area (Å²) in [6.07, 6.45) is 0. The third-order valence-corrected chi connectivity index (χ3v) is 5.38. The quantitative estimate of drug-likeness (QED) is 0.418. The van der Waals surface area contributed by atoms with Crippen molar-refractivity contribution in [3.8, 4) is 5.75 Å². The Morgan fingerprint density at radius 1 is 1.12 bits per heavy atom. The van der Waals surface area contributed by atoms with Crippen LogP contribution in [0.2, 0.25) is 0 Å². The van der Waals surface area contributed by atoms with Gasteiger partial charge in [0.2, 0.25) is 5.79 Å². The highest BCUT2D eigenvalue weighted by atomic mass is 32.2. The van der Waals surface area contributed by atoms with Crippen LogP contribution in [0.4, 0.5) is 0 Å². The maximum atomic E-state index is 12.8. The predicted octanol–water partition coefficient (Wildman–Crippen LogP) is 2.39. The predicted molar refractivity (Wildman–Crippen MR) is 93.3 cm³/mol. The molecule has 6 nitrogen and oxygen atoms in total. The minimum atomic E-state index is -4.45. The van der Waals surface area contributed by atoms with Gasteiger partial charge in [0.25, 0.3) is 10.1 Å². The zero-order chi connectivity index (χ0) is 17.5. The molecule has 0 aliphatic heterocycles. The van der Waals surface area contributed by atoms with Crippen LogP contribution in [0.25, 0.3) is 20.2 Å². The molecular weight excluding hydrogens is 352 g/mol. The molecule has 0 saturated heterocycles. The molecule has 1 atom stereocenters. The molecule has 8 heteroatoms. The fourth-order valence-electron chi connectivity index (χ4n) is 2.51. The van der Waals surface area contributed by atoms with Crippen LogP contribution in [0.3, 0.4) is 0 Å². The average Bonchev–Trinajstić information content (AvgIpc) is 2.44. The molecular formula is C16H14O6S2. The Morgan fingerprint density at radius 2 is 1.79 bits per heavy atom. The van der Waals surface area contributed by atoms with Gasteiger partial charge in [-0.3, -0.25) is 9.35 Å². The van der Waals surface area contributed by atoms with Crippen molar-refractivity contribution in [2.45, 2.75) is 12.7 Å². The highest BCUT2D eigenvalue weighted by Gasteiger charge is 2.30. The van der Waals surface area contributed by atoms with Gasteiger partial charge in [-0.1, -0.05) is 18.2 Å². The van der Waals surface area contributed by atoms with Crippen molar-refractivity contribution in [2.24, 2.45) is 0 Å². The summed E-state index contributed by atoms with van der Waals surface area (Å²) >= 11 is 1.39. The maximum absolute atomic E-state index is 12.8. The van der Waals surface area contributed by atoms with E-state index >= 15 is 0 Å². The van der Waals surface area contributed by atoms with Gasteiger partial charge >= 0.3 is 0 Å². The zero-order valence-electron chi connectivity index (χ0n) is 12.6. The summed E-state index contributed by atoms with van der Waals surface area (Å²) in [5.74, 6) is -3.13. The molecule has 0 radical (unpaired) electrons. The van der Waals surface area contributed by atoms with Crippen molar-refractivity contribution in [1.82, 2.24) is 0 Å². The van der Waals surface area contributed by atoms with E-state index in [1.165, 1.54) is 17.4 Å². The second-order valence-corrected chi connectivity index (χ2v) is 8.10. The zero-order valence-corrected chi connectivity index (χ0v) is 14.2. The van der Waals surface area contributed by atoms with Gasteiger partial charge in [-0.05, 0) is 24.3 Å². The monoisotopic (exact) mass is 366 g/mol. The molecule has 0 spiro atoms. The molecule has 0 fully saturated rings. The lowest BCUT2D eigenvalue weighted by Crippen LogP contribution is -2.39. The first-order chi connectivity index (χ1) is 11.2. The molecule has 0 aliphatic rings. The minimum Gasteiger partial charge on any atom is -0.461 e. The molecule has 126 valence electrons. The third kappa shape index (κ3) is 3.41. The first kappa shape index (κ1) is 16.8. The lowest BCUT2D eigenvalue weighted by molar-refractivity contribution is -0.101. The number of hydrogen-bond donors (Lipinski definition) is 2. The summed E-state index contributed by atoms with van der Waals surface area (Å²) in [5, 5.41) is 10.9. The smallest absolute Gasteiger partial charge is 0.271 e. The van der Waals surface area contributed by atoms with E-state index in [2.05, 4.69) is 0 Å². The molecule has 1 aromatic heterocycles. The first-order valence-electron chi connectivity index (χ1n) is 6.97. The molecule has 3 aromatic rings. The fraction of sp³-hybridized carbons (Fsp3) is 0.188. The van der Waals surface area contributed by atoms with Gasteiger partial charge in [-0.2, -0.15) is 8.42 Å². The molecule has 1 unspecified atom stereocenters. The van der Waals surface area contributed by atoms with Crippen LogP contribution in [0, 0.1) is 0 Å². The van der Waals surface area contributed by atoms with Gasteiger partial charge in [0.05, 0.1) is 5.39 Å². The standard InChI is InChI=1S/C16H14O6S2/c1-16(18,9-24(19,20)21)22-11-6-4-8-13-14(11)15(17)10-5-2-3-7-12(10)23-13/h2-8,18H,9H2,1H3,(H,19,20,21). The van der Waals surface area contributed by atoms with Crippen molar-refractivity contribution in [2.75, 3.05) is 5.75 Å². The molecule has 0 aliphatic carbocycles. The molecule has 24 heavy (non-hydrogen) atoms. The van der Waals surface area contributed by atoms with Gasteiger partial charge in [0.1, 0.15) is 11.5 Å².